The second-order valence-electron chi connectivity index (χ2n) is 6.58. The Morgan fingerprint density at radius 3 is 2.74 bits per heavy atom. The minimum absolute atomic E-state index is 0.0201. The van der Waals surface area contributed by atoms with Crippen LogP contribution >= 0.6 is 0 Å². The largest absolute Gasteiger partial charge is 0.480 e. The fourth-order valence-electron chi connectivity index (χ4n) is 3.49. The van der Waals surface area contributed by atoms with Gasteiger partial charge in [0.2, 0.25) is 0 Å². The van der Waals surface area contributed by atoms with Gasteiger partial charge in [-0.15, -0.1) is 0 Å². The average Bonchev–Trinajstić information content (AvgIpc) is 3.32. The molecule has 0 spiro atoms. The van der Waals surface area contributed by atoms with Gasteiger partial charge in [0.15, 0.2) is 0 Å². The molecule has 0 atom stereocenters. The zero-order valence-corrected chi connectivity index (χ0v) is 13.1. The number of aromatic nitrogens is 2. The fourth-order valence-corrected chi connectivity index (χ4v) is 3.49. The molecule has 1 aromatic heterocycles. The molecule has 120 valence electrons. The number of nitrogens with zero attached hydrogens (tertiary/aromatic N) is 3. The Morgan fingerprint density at radius 1 is 1.26 bits per heavy atom. The van der Waals surface area contributed by atoms with E-state index < -0.39 is 5.97 Å². The van der Waals surface area contributed by atoms with Crippen LogP contribution in [-0.4, -0.2) is 32.3 Å². The summed E-state index contributed by atoms with van der Waals surface area (Å²) >= 11 is 0. The molecular formula is C18H21N3O2. The van der Waals surface area contributed by atoms with Crippen molar-refractivity contribution in [1.29, 1.82) is 0 Å². The Labute approximate surface area is 135 Å². The van der Waals surface area contributed by atoms with Crippen LogP contribution < -0.4 is 0 Å². The number of carboxylic acids is 1. The first-order valence-corrected chi connectivity index (χ1v) is 8.27. The third-order valence-corrected chi connectivity index (χ3v) is 4.74. The van der Waals surface area contributed by atoms with Crippen LogP contribution in [0.25, 0.3) is 0 Å². The summed E-state index contributed by atoms with van der Waals surface area (Å²) in [5, 5.41) is 13.8. The van der Waals surface area contributed by atoms with E-state index in [1.165, 1.54) is 24.0 Å². The van der Waals surface area contributed by atoms with Crippen molar-refractivity contribution in [2.45, 2.75) is 44.8 Å². The van der Waals surface area contributed by atoms with E-state index in [1.807, 2.05) is 6.07 Å². The molecule has 1 saturated carbocycles. The van der Waals surface area contributed by atoms with Gasteiger partial charge in [-0.05, 0) is 18.4 Å². The van der Waals surface area contributed by atoms with Crippen molar-refractivity contribution in [1.82, 2.24) is 14.7 Å². The van der Waals surface area contributed by atoms with Crippen molar-refractivity contribution >= 4 is 5.97 Å². The molecule has 0 amide bonds. The summed E-state index contributed by atoms with van der Waals surface area (Å²) in [5.74, 6) is -0.264. The molecule has 2 aromatic rings. The van der Waals surface area contributed by atoms with Crippen molar-refractivity contribution in [3.63, 3.8) is 0 Å². The Hall–Kier alpha value is -2.14. The Bertz CT molecular complexity index is 719. The third-order valence-electron chi connectivity index (χ3n) is 4.74. The molecule has 4 rings (SSSR count). The number of carboxylic acid groups (broad SMARTS) is 1. The second-order valence-corrected chi connectivity index (χ2v) is 6.58. The molecule has 5 heteroatoms. The van der Waals surface area contributed by atoms with Gasteiger partial charge in [0.25, 0.3) is 0 Å². The van der Waals surface area contributed by atoms with Gasteiger partial charge in [0, 0.05) is 43.2 Å². The minimum Gasteiger partial charge on any atom is -0.480 e. The normalized spacial score (nSPS) is 17.9. The summed E-state index contributed by atoms with van der Waals surface area (Å²) in [7, 11) is 0. The van der Waals surface area contributed by atoms with Crippen LogP contribution in [0.4, 0.5) is 0 Å². The molecule has 0 saturated heterocycles. The summed E-state index contributed by atoms with van der Waals surface area (Å²) in [6, 6.07) is 10.5. The van der Waals surface area contributed by atoms with Gasteiger partial charge >= 0.3 is 5.97 Å². The van der Waals surface area contributed by atoms with E-state index in [4.69, 9.17) is 5.11 Å². The molecule has 1 fully saturated rings. The van der Waals surface area contributed by atoms with E-state index in [1.54, 1.807) is 4.68 Å². The van der Waals surface area contributed by atoms with Gasteiger partial charge in [-0.1, -0.05) is 30.3 Å². The van der Waals surface area contributed by atoms with Crippen LogP contribution in [-0.2, 0) is 30.8 Å². The SMILES string of the molecule is O=C(O)Cn1nc(C2CC2)c2c1CCN(Cc1ccccc1)C2. The van der Waals surface area contributed by atoms with Gasteiger partial charge in [-0.3, -0.25) is 14.4 Å². The van der Waals surface area contributed by atoms with E-state index in [0.717, 1.165) is 37.4 Å². The Kier molecular flexibility index (Phi) is 3.65. The molecule has 1 N–H and O–H groups in total. The number of hydrogen-bond acceptors (Lipinski definition) is 3. The lowest BCUT2D eigenvalue weighted by Crippen LogP contribution is -2.31. The number of carbonyl (C=O) groups is 1. The number of rotatable bonds is 5. The van der Waals surface area contributed by atoms with Crippen LogP contribution in [0.1, 0.15) is 41.3 Å². The van der Waals surface area contributed by atoms with Crippen LogP contribution in [0, 0.1) is 0 Å². The molecular weight excluding hydrogens is 290 g/mol. The number of fused-ring (bicyclic) bond motifs is 1. The van der Waals surface area contributed by atoms with Gasteiger partial charge in [-0.25, -0.2) is 0 Å². The monoisotopic (exact) mass is 311 g/mol. The lowest BCUT2D eigenvalue weighted by atomic mass is 10.0. The maximum atomic E-state index is 11.1. The molecule has 5 nitrogen and oxygen atoms in total. The van der Waals surface area contributed by atoms with Gasteiger partial charge < -0.3 is 5.11 Å². The van der Waals surface area contributed by atoms with E-state index in [0.29, 0.717) is 5.92 Å². The van der Waals surface area contributed by atoms with E-state index in [-0.39, 0.29) is 6.54 Å². The summed E-state index contributed by atoms with van der Waals surface area (Å²) in [6.07, 6.45) is 3.26. The quantitative estimate of drug-likeness (QED) is 0.921. The first-order valence-electron chi connectivity index (χ1n) is 8.27. The van der Waals surface area contributed by atoms with Crippen LogP contribution in [0.3, 0.4) is 0 Å². The van der Waals surface area contributed by atoms with Crippen molar-refractivity contribution < 1.29 is 9.90 Å². The molecule has 1 aromatic carbocycles. The van der Waals surface area contributed by atoms with Gasteiger partial charge in [-0.2, -0.15) is 5.10 Å². The molecule has 2 heterocycles. The lowest BCUT2D eigenvalue weighted by molar-refractivity contribution is -0.137. The van der Waals surface area contributed by atoms with Crippen molar-refractivity contribution in [2.75, 3.05) is 6.54 Å². The molecule has 23 heavy (non-hydrogen) atoms. The summed E-state index contributed by atoms with van der Waals surface area (Å²) < 4.78 is 1.73. The number of benzene rings is 1. The zero-order valence-electron chi connectivity index (χ0n) is 13.1. The van der Waals surface area contributed by atoms with Crippen LogP contribution in [0.5, 0.6) is 0 Å². The Morgan fingerprint density at radius 2 is 2.04 bits per heavy atom. The zero-order chi connectivity index (χ0) is 15.8. The Balaban J connectivity index is 1.58. The predicted octanol–water partition coefficient (Wildman–Crippen LogP) is 2.40. The highest BCUT2D eigenvalue weighted by Gasteiger charge is 2.34. The number of hydrogen-bond donors (Lipinski definition) is 1. The predicted molar refractivity (Wildman–Crippen MR) is 86.1 cm³/mol. The van der Waals surface area contributed by atoms with E-state index in [9.17, 15) is 4.79 Å². The molecule has 0 radical (unpaired) electrons. The third kappa shape index (κ3) is 3.01. The molecule has 1 aliphatic heterocycles. The highest BCUT2D eigenvalue weighted by atomic mass is 16.4. The van der Waals surface area contributed by atoms with Crippen molar-refractivity contribution in [3.8, 4) is 0 Å². The maximum absolute atomic E-state index is 11.1. The standard InChI is InChI=1S/C18H21N3O2/c22-17(23)12-21-16-8-9-20(10-13-4-2-1-3-5-13)11-15(16)18(19-21)14-6-7-14/h1-5,14H,6-12H2,(H,22,23). The first-order chi connectivity index (χ1) is 11.2. The first kappa shape index (κ1) is 14.5. The van der Waals surface area contributed by atoms with Crippen molar-refractivity contribution in [2.24, 2.45) is 0 Å². The highest BCUT2D eigenvalue weighted by molar-refractivity contribution is 5.66. The highest BCUT2D eigenvalue weighted by Crippen LogP contribution is 2.42. The lowest BCUT2D eigenvalue weighted by Gasteiger charge is -2.27. The molecule has 1 aliphatic carbocycles. The van der Waals surface area contributed by atoms with E-state index in [2.05, 4.69) is 34.3 Å². The summed E-state index contributed by atoms with van der Waals surface area (Å²) in [4.78, 5) is 13.5. The van der Waals surface area contributed by atoms with Crippen molar-refractivity contribution in [3.05, 3.63) is 52.8 Å². The van der Waals surface area contributed by atoms with E-state index >= 15 is 0 Å². The smallest absolute Gasteiger partial charge is 0.325 e. The minimum atomic E-state index is -0.815. The molecule has 2 aliphatic rings. The second kappa shape index (κ2) is 5.81. The average molecular weight is 311 g/mol. The maximum Gasteiger partial charge on any atom is 0.325 e. The summed E-state index contributed by atoms with van der Waals surface area (Å²) in [6.45, 7) is 2.76. The topological polar surface area (TPSA) is 58.4 Å². The van der Waals surface area contributed by atoms with Crippen LogP contribution in [0.15, 0.2) is 30.3 Å². The molecule has 0 bridgehead atoms. The fraction of sp³-hybridized carbons (Fsp3) is 0.444. The summed E-state index contributed by atoms with van der Waals surface area (Å²) in [5.41, 5.74) is 4.90. The van der Waals surface area contributed by atoms with Crippen LogP contribution in [0.2, 0.25) is 0 Å². The number of aliphatic carboxylic acids is 1. The van der Waals surface area contributed by atoms with Gasteiger partial charge in [0.05, 0.1) is 5.69 Å². The molecule has 0 unspecified atom stereocenters. The van der Waals surface area contributed by atoms with Gasteiger partial charge in [0.1, 0.15) is 6.54 Å².